The van der Waals surface area contributed by atoms with Gasteiger partial charge in [-0.05, 0) is 43.7 Å². The number of hydrogen-bond acceptors (Lipinski definition) is 8. The first-order chi connectivity index (χ1) is 18.3. The third-order valence-corrected chi connectivity index (χ3v) is 6.93. The third kappa shape index (κ3) is 4.59. The zero-order chi connectivity index (χ0) is 27.0. The number of hydrogen-bond donors (Lipinski definition) is 0. The fraction of sp³-hybridized carbons (Fsp3) is 0.148. The molecular formula is C27H20FN3O6S. The molecule has 0 unspecified atom stereocenters. The van der Waals surface area contributed by atoms with E-state index in [2.05, 4.69) is 4.99 Å². The number of non-ortho nitro benzene ring substituents is 1. The highest BCUT2D eigenvalue weighted by Crippen LogP contribution is 2.31. The number of thiazole rings is 1. The van der Waals surface area contributed by atoms with E-state index in [9.17, 15) is 24.1 Å². The van der Waals surface area contributed by atoms with E-state index in [0.29, 0.717) is 37.7 Å². The summed E-state index contributed by atoms with van der Waals surface area (Å²) in [6.45, 7) is 3.49. The van der Waals surface area contributed by atoms with Gasteiger partial charge < -0.3 is 9.15 Å². The van der Waals surface area contributed by atoms with Crippen molar-refractivity contribution in [3.63, 3.8) is 0 Å². The summed E-state index contributed by atoms with van der Waals surface area (Å²) in [6.07, 6.45) is 1.55. The number of aromatic nitrogens is 1. The molecule has 5 rings (SSSR count). The number of rotatable bonds is 6. The van der Waals surface area contributed by atoms with E-state index in [-0.39, 0.29) is 17.9 Å². The number of nitrogens with zero attached hydrogens (tertiary/aromatic N) is 3. The van der Waals surface area contributed by atoms with Crippen LogP contribution in [0.4, 0.5) is 10.1 Å². The molecule has 0 spiro atoms. The normalized spacial score (nSPS) is 15.2. The molecule has 0 aliphatic carbocycles. The van der Waals surface area contributed by atoms with E-state index in [1.807, 2.05) is 0 Å². The van der Waals surface area contributed by atoms with Crippen molar-refractivity contribution in [2.75, 3.05) is 6.61 Å². The number of nitro groups is 1. The molecule has 9 nitrogen and oxygen atoms in total. The molecule has 1 aliphatic heterocycles. The molecule has 0 N–H and O–H groups in total. The van der Waals surface area contributed by atoms with Crippen LogP contribution in [0.15, 0.2) is 86.1 Å². The lowest BCUT2D eigenvalue weighted by Gasteiger charge is -2.24. The molecule has 3 heterocycles. The van der Waals surface area contributed by atoms with E-state index in [4.69, 9.17) is 9.15 Å². The molecule has 0 radical (unpaired) electrons. The van der Waals surface area contributed by atoms with Gasteiger partial charge in [0.05, 0.1) is 33.4 Å². The summed E-state index contributed by atoms with van der Waals surface area (Å²) in [6, 6.07) is 14.1. The fourth-order valence-corrected chi connectivity index (χ4v) is 5.27. The molecule has 1 atom stereocenters. The predicted octanol–water partition coefficient (Wildman–Crippen LogP) is 4.11. The van der Waals surface area contributed by atoms with Gasteiger partial charge in [0.2, 0.25) is 0 Å². The number of fused-ring (bicyclic) bond motifs is 1. The number of furan rings is 1. The molecule has 1 aliphatic rings. The van der Waals surface area contributed by atoms with E-state index >= 15 is 0 Å². The summed E-state index contributed by atoms with van der Waals surface area (Å²) in [5, 5.41) is 11.1. The van der Waals surface area contributed by atoms with Gasteiger partial charge in [-0.15, -0.1) is 0 Å². The molecule has 2 aromatic carbocycles. The lowest BCUT2D eigenvalue weighted by atomic mass is 9.96. The van der Waals surface area contributed by atoms with Crippen LogP contribution in [0.25, 0.3) is 17.4 Å². The number of nitro benzene ring substituents is 1. The van der Waals surface area contributed by atoms with Gasteiger partial charge in [0.15, 0.2) is 4.80 Å². The van der Waals surface area contributed by atoms with Gasteiger partial charge in [-0.2, -0.15) is 0 Å². The molecule has 4 aromatic rings. The van der Waals surface area contributed by atoms with Gasteiger partial charge in [0.25, 0.3) is 11.2 Å². The highest BCUT2D eigenvalue weighted by molar-refractivity contribution is 7.07. The Morgan fingerprint density at radius 2 is 2.00 bits per heavy atom. The van der Waals surface area contributed by atoms with Crippen LogP contribution in [-0.4, -0.2) is 22.1 Å². The summed E-state index contributed by atoms with van der Waals surface area (Å²) >= 11 is 1.12. The fourth-order valence-electron chi connectivity index (χ4n) is 4.24. The Bertz CT molecular complexity index is 1780. The first-order valence-corrected chi connectivity index (χ1v) is 12.4. The van der Waals surface area contributed by atoms with Crippen LogP contribution >= 0.6 is 11.3 Å². The number of carbonyl (C=O) groups excluding carboxylic acids is 1. The zero-order valence-electron chi connectivity index (χ0n) is 20.2. The summed E-state index contributed by atoms with van der Waals surface area (Å²) in [5.41, 5.74) is 1.17. The Kier molecular flexibility index (Phi) is 6.60. The summed E-state index contributed by atoms with van der Waals surface area (Å²) in [7, 11) is 0. The Balaban J connectivity index is 1.61. The van der Waals surface area contributed by atoms with Crippen molar-refractivity contribution in [2.45, 2.75) is 19.9 Å². The maximum atomic E-state index is 13.7. The average Bonchev–Trinajstić information content (AvgIpc) is 3.48. The van der Waals surface area contributed by atoms with E-state index in [1.54, 1.807) is 44.2 Å². The molecule has 192 valence electrons. The van der Waals surface area contributed by atoms with Gasteiger partial charge in [0.1, 0.15) is 17.3 Å². The monoisotopic (exact) mass is 533 g/mol. The van der Waals surface area contributed by atoms with Crippen LogP contribution in [0.5, 0.6) is 0 Å². The van der Waals surface area contributed by atoms with Crippen molar-refractivity contribution in [2.24, 2.45) is 4.99 Å². The SMILES string of the molecule is CCOC(=O)C1=C(C)N=c2s/c(=C\c3ccc(-c4cccc([N+](=O)[O-])c4)o3)c(=O)n2[C@@H]1c1ccc(F)cc1. The van der Waals surface area contributed by atoms with Gasteiger partial charge in [-0.1, -0.05) is 35.6 Å². The van der Waals surface area contributed by atoms with E-state index in [1.165, 1.54) is 41.0 Å². The molecule has 0 fully saturated rings. The van der Waals surface area contributed by atoms with Crippen molar-refractivity contribution >= 4 is 29.1 Å². The Labute approximate surface area is 218 Å². The lowest BCUT2D eigenvalue weighted by molar-refractivity contribution is -0.384. The molecule has 11 heteroatoms. The smallest absolute Gasteiger partial charge is 0.338 e. The number of halogens is 1. The van der Waals surface area contributed by atoms with Gasteiger partial charge in [-0.3, -0.25) is 19.5 Å². The first-order valence-electron chi connectivity index (χ1n) is 11.6. The highest BCUT2D eigenvalue weighted by Gasteiger charge is 2.33. The number of allylic oxidation sites excluding steroid dienone is 1. The van der Waals surface area contributed by atoms with Crippen molar-refractivity contribution in [3.05, 3.63) is 119 Å². The second-order valence-corrected chi connectivity index (χ2v) is 9.37. The minimum atomic E-state index is -0.856. The predicted molar refractivity (Wildman–Crippen MR) is 138 cm³/mol. The van der Waals surface area contributed by atoms with Crippen molar-refractivity contribution in [1.29, 1.82) is 0 Å². The topological polar surface area (TPSA) is 117 Å². The maximum Gasteiger partial charge on any atom is 0.338 e. The summed E-state index contributed by atoms with van der Waals surface area (Å²) in [5.74, 6) is -0.296. The molecule has 0 saturated heterocycles. The Morgan fingerprint density at radius 3 is 2.71 bits per heavy atom. The van der Waals surface area contributed by atoms with Crippen LogP contribution in [-0.2, 0) is 9.53 Å². The van der Waals surface area contributed by atoms with Crippen LogP contribution in [0.3, 0.4) is 0 Å². The van der Waals surface area contributed by atoms with Gasteiger partial charge >= 0.3 is 5.97 Å². The molecule has 2 aromatic heterocycles. The molecule has 0 amide bonds. The summed E-state index contributed by atoms with van der Waals surface area (Å²) in [4.78, 5) is 42.0. The standard InChI is InChI=1S/C27H20FN3O6S/c1-3-36-26(33)23-15(2)29-27-30(24(23)16-7-9-18(28)10-8-16)25(32)22(38-27)14-20-11-12-21(37-20)17-5-4-6-19(13-17)31(34)35/h4-14,24H,3H2,1-2H3/b22-14-/t24-/m1/s1. The van der Waals surface area contributed by atoms with Crippen LogP contribution < -0.4 is 14.9 Å². The minimum absolute atomic E-state index is 0.0673. The Morgan fingerprint density at radius 1 is 1.24 bits per heavy atom. The lowest BCUT2D eigenvalue weighted by Crippen LogP contribution is -2.39. The Hall–Kier alpha value is -4.64. The molecule has 0 bridgehead atoms. The van der Waals surface area contributed by atoms with Crippen molar-refractivity contribution < 1.29 is 23.3 Å². The number of ether oxygens (including phenoxy) is 1. The first kappa shape index (κ1) is 25.0. The van der Waals surface area contributed by atoms with E-state index < -0.39 is 28.3 Å². The summed E-state index contributed by atoms with van der Waals surface area (Å²) < 4.78 is 26.5. The third-order valence-electron chi connectivity index (χ3n) is 5.94. The largest absolute Gasteiger partial charge is 0.463 e. The van der Waals surface area contributed by atoms with Gasteiger partial charge in [-0.25, -0.2) is 14.2 Å². The van der Waals surface area contributed by atoms with Crippen molar-refractivity contribution in [1.82, 2.24) is 4.57 Å². The number of benzene rings is 2. The molecule has 38 heavy (non-hydrogen) atoms. The zero-order valence-corrected chi connectivity index (χ0v) is 21.0. The second kappa shape index (κ2) is 10.0. The van der Waals surface area contributed by atoms with Crippen LogP contribution in [0.1, 0.15) is 31.2 Å². The van der Waals surface area contributed by atoms with Gasteiger partial charge in [0, 0.05) is 23.8 Å². The van der Waals surface area contributed by atoms with E-state index in [0.717, 1.165) is 11.3 Å². The quantitative estimate of drug-likeness (QED) is 0.209. The second-order valence-electron chi connectivity index (χ2n) is 8.36. The number of carbonyl (C=O) groups is 1. The van der Waals surface area contributed by atoms with Crippen LogP contribution in [0, 0.1) is 15.9 Å². The number of esters is 1. The van der Waals surface area contributed by atoms with Crippen LogP contribution in [0.2, 0.25) is 0 Å². The molecular weight excluding hydrogens is 513 g/mol. The average molecular weight is 534 g/mol. The van der Waals surface area contributed by atoms with Crippen molar-refractivity contribution in [3.8, 4) is 11.3 Å². The molecule has 0 saturated carbocycles. The minimum Gasteiger partial charge on any atom is -0.463 e. The maximum absolute atomic E-state index is 13.7. The highest BCUT2D eigenvalue weighted by atomic mass is 32.1.